The molecule has 0 aliphatic rings. The van der Waals surface area contributed by atoms with Crippen molar-refractivity contribution in [2.75, 3.05) is 12.3 Å². The number of halogens is 1. The van der Waals surface area contributed by atoms with Crippen molar-refractivity contribution in [3.63, 3.8) is 0 Å². The lowest BCUT2D eigenvalue weighted by atomic mass is 10.1. The van der Waals surface area contributed by atoms with Gasteiger partial charge >= 0.3 is 5.97 Å². The van der Waals surface area contributed by atoms with Crippen LogP contribution in [0.25, 0.3) is 0 Å². The second kappa shape index (κ2) is 6.27. The lowest BCUT2D eigenvalue weighted by Crippen LogP contribution is -2.05. The van der Waals surface area contributed by atoms with E-state index in [1.807, 2.05) is 0 Å². The summed E-state index contributed by atoms with van der Waals surface area (Å²) in [6.45, 7) is 2.17. The highest BCUT2D eigenvalue weighted by atomic mass is 35.5. The number of rotatable bonds is 5. The number of nitrogens with two attached hydrogens (primary N) is 1. The fourth-order valence-electron chi connectivity index (χ4n) is 1.28. The van der Waals surface area contributed by atoms with E-state index in [-0.39, 0.29) is 5.97 Å². The molecule has 1 rings (SSSR count). The van der Waals surface area contributed by atoms with Gasteiger partial charge in [0.2, 0.25) is 0 Å². The van der Waals surface area contributed by atoms with Gasteiger partial charge in [-0.3, -0.25) is 4.79 Å². The van der Waals surface area contributed by atoms with Crippen LogP contribution in [0.1, 0.15) is 25.3 Å². The summed E-state index contributed by atoms with van der Waals surface area (Å²) in [6.07, 6.45) is 2.85. The molecule has 0 spiro atoms. The summed E-state index contributed by atoms with van der Waals surface area (Å²) in [5.41, 5.74) is 6.33. The smallest absolute Gasteiger partial charge is 0.305 e. The van der Waals surface area contributed by atoms with Gasteiger partial charge in [0.05, 0.1) is 6.61 Å². The van der Waals surface area contributed by atoms with Crippen LogP contribution in [0.15, 0.2) is 6.33 Å². The molecule has 0 aromatic carbocycles. The van der Waals surface area contributed by atoms with E-state index in [2.05, 4.69) is 9.97 Å². The molecule has 0 amide bonds. The number of aromatic nitrogens is 2. The molecule has 16 heavy (non-hydrogen) atoms. The number of nitrogens with zero attached hydrogens (tertiary/aromatic N) is 2. The van der Waals surface area contributed by atoms with E-state index in [1.54, 1.807) is 6.92 Å². The predicted octanol–water partition coefficient (Wildman–Crippen LogP) is 1.60. The zero-order valence-corrected chi connectivity index (χ0v) is 9.83. The first kappa shape index (κ1) is 12.7. The molecule has 0 atom stereocenters. The quantitative estimate of drug-likeness (QED) is 0.628. The molecule has 0 aliphatic heterocycles. The zero-order valence-electron chi connectivity index (χ0n) is 9.07. The Labute approximate surface area is 99.0 Å². The average molecular weight is 244 g/mol. The van der Waals surface area contributed by atoms with E-state index in [0.29, 0.717) is 42.4 Å². The number of nitrogen functional groups attached to an aromatic ring is 1. The molecule has 0 bridgehead atoms. The second-order valence-corrected chi connectivity index (χ2v) is 3.54. The minimum Gasteiger partial charge on any atom is -0.466 e. The molecular formula is C10H14ClN3O2. The van der Waals surface area contributed by atoms with Crippen molar-refractivity contribution in [2.24, 2.45) is 0 Å². The van der Waals surface area contributed by atoms with Gasteiger partial charge in [0.15, 0.2) is 0 Å². The third-order valence-electron chi connectivity index (χ3n) is 2.04. The Morgan fingerprint density at radius 3 is 2.94 bits per heavy atom. The van der Waals surface area contributed by atoms with Crippen molar-refractivity contribution >= 4 is 23.4 Å². The first-order valence-electron chi connectivity index (χ1n) is 5.05. The summed E-state index contributed by atoms with van der Waals surface area (Å²) in [4.78, 5) is 18.8. The Morgan fingerprint density at radius 2 is 2.31 bits per heavy atom. The van der Waals surface area contributed by atoms with Gasteiger partial charge in [0.25, 0.3) is 0 Å². The number of hydrogen-bond acceptors (Lipinski definition) is 5. The van der Waals surface area contributed by atoms with Crippen molar-refractivity contribution in [1.82, 2.24) is 9.97 Å². The van der Waals surface area contributed by atoms with Gasteiger partial charge in [-0.2, -0.15) is 0 Å². The molecule has 0 radical (unpaired) electrons. The van der Waals surface area contributed by atoms with Gasteiger partial charge in [-0.15, -0.1) is 0 Å². The van der Waals surface area contributed by atoms with Gasteiger partial charge in [-0.1, -0.05) is 11.6 Å². The molecule has 1 aromatic heterocycles. The highest BCUT2D eigenvalue weighted by molar-refractivity contribution is 6.30. The standard InChI is InChI=1S/C10H14ClN3O2/c1-2-16-8(15)5-3-4-7-9(11)13-6-14-10(7)12/h6H,2-5H2,1H3,(H2,12,13,14). The summed E-state index contributed by atoms with van der Waals surface area (Å²) >= 11 is 5.86. The summed E-state index contributed by atoms with van der Waals surface area (Å²) in [6, 6.07) is 0. The number of carbonyl (C=O) groups is 1. The van der Waals surface area contributed by atoms with Crippen molar-refractivity contribution in [1.29, 1.82) is 0 Å². The van der Waals surface area contributed by atoms with Crippen LogP contribution >= 0.6 is 11.6 Å². The normalized spacial score (nSPS) is 10.1. The number of esters is 1. The molecule has 2 N–H and O–H groups in total. The van der Waals surface area contributed by atoms with E-state index in [4.69, 9.17) is 22.1 Å². The Balaban J connectivity index is 2.46. The van der Waals surface area contributed by atoms with Gasteiger partial charge in [0, 0.05) is 12.0 Å². The third-order valence-corrected chi connectivity index (χ3v) is 2.36. The predicted molar refractivity (Wildman–Crippen MR) is 61.0 cm³/mol. The first-order valence-corrected chi connectivity index (χ1v) is 5.43. The minimum absolute atomic E-state index is 0.214. The maximum absolute atomic E-state index is 11.1. The Bertz CT molecular complexity index is 351. The Kier molecular flexibility index (Phi) is 4.98. The minimum atomic E-state index is -0.214. The van der Waals surface area contributed by atoms with Crippen molar-refractivity contribution in [2.45, 2.75) is 26.2 Å². The van der Waals surface area contributed by atoms with Crippen LogP contribution in [0, 0.1) is 0 Å². The SMILES string of the molecule is CCOC(=O)CCCc1c(N)ncnc1Cl. The van der Waals surface area contributed by atoms with E-state index in [9.17, 15) is 4.79 Å². The van der Waals surface area contributed by atoms with Crippen LogP contribution < -0.4 is 5.73 Å². The second-order valence-electron chi connectivity index (χ2n) is 3.19. The maximum atomic E-state index is 11.1. The molecule has 0 fully saturated rings. The lowest BCUT2D eigenvalue weighted by molar-refractivity contribution is -0.143. The molecule has 0 saturated heterocycles. The van der Waals surface area contributed by atoms with E-state index in [1.165, 1.54) is 6.33 Å². The summed E-state index contributed by atoms with van der Waals surface area (Å²) < 4.78 is 4.81. The van der Waals surface area contributed by atoms with Crippen molar-refractivity contribution < 1.29 is 9.53 Å². The van der Waals surface area contributed by atoms with Gasteiger partial charge < -0.3 is 10.5 Å². The zero-order chi connectivity index (χ0) is 12.0. The summed E-state index contributed by atoms with van der Waals surface area (Å²) in [7, 11) is 0. The van der Waals surface area contributed by atoms with Crippen molar-refractivity contribution in [3.8, 4) is 0 Å². The number of carbonyl (C=O) groups excluding carboxylic acids is 1. The topological polar surface area (TPSA) is 78.1 Å². The van der Waals surface area contributed by atoms with Crippen LogP contribution in [-0.2, 0) is 16.0 Å². The van der Waals surface area contributed by atoms with Crippen LogP contribution in [-0.4, -0.2) is 22.5 Å². The monoisotopic (exact) mass is 243 g/mol. The number of ether oxygens (including phenoxy) is 1. The average Bonchev–Trinajstić information content (AvgIpc) is 2.23. The summed E-state index contributed by atoms with van der Waals surface area (Å²) in [5, 5.41) is 0.344. The van der Waals surface area contributed by atoms with Gasteiger partial charge in [-0.05, 0) is 19.8 Å². The fraction of sp³-hybridized carbons (Fsp3) is 0.500. The molecule has 0 aliphatic carbocycles. The number of hydrogen-bond donors (Lipinski definition) is 1. The van der Waals surface area contributed by atoms with Crippen molar-refractivity contribution in [3.05, 3.63) is 17.0 Å². The molecule has 0 unspecified atom stereocenters. The molecule has 6 heteroatoms. The Hall–Kier alpha value is -1.36. The highest BCUT2D eigenvalue weighted by Gasteiger charge is 2.08. The van der Waals surface area contributed by atoms with Gasteiger partial charge in [0.1, 0.15) is 17.3 Å². The van der Waals surface area contributed by atoms with Crippen LogP contribution in [0.3, 0.4) is 0 Å². The van der Waals surface area contributed by atoms with Crippen LogP contribution in [0.5, 0.6) is 0 Å². The molecule has 1 aromatic rings. The molecule has 5 nitrogen and oxygen atoms in total. The maximum Gasteiger partial charge on any atom is 0.305 e. The first-order chi connectivity index (χ1) is 7.65. The van der Waals surface area contributed by atoms with Crippen LogP contribution in [0.2, 0.25) is 5.15 Å². The number of anilines is 1. The van der Waals surface area contributed by atoms with E-state index < -0.39 is 0 Å². The van der Waals surface area contributed by atoms with E-state index in [0.717, 1.165) is 0 Å². The Morgan fingerprint density at radius 1 is 1.56 bits per heavy atom. The fourth-order valence-corrected chi connectivity index (χ4v) is 1.51. The third kappa shape index (κ3) is 3.66. The highest BCUT2D eigenvalue weighted by Crippen LogP contribution is 2.19. The van der Waals surface area contributed by atoms with Crippen LogP contribution in [0.4, 0.5) is 5.82 Å². The summed E-state index contributed by atoms with van der Waals surface area (Å²) in [5.74, 6) is 0.151. The molecule has 0 saturated carbocycles. The molecular weight excluding hydrogens is 230 g/mol. The molecule has 88 valence electrons. The molecule has 1 heterocycles. The largest absolute Gasteiger partial charge is 0.466 e. The van der Waals surface area contributed by atoms with Gasteiger partial charge in [-0.25, -0.2) is 9.97 Å². The van der Waals surface area contributed by atoms with E-state index >= 15 is 0 Å². The lowest BCUT2D eigenvalue weighted by Gasteiger charge is -2.05.